The molecule has 0 saturated carbocycles. The molecule has 3 rings (SSSR count). The molecule has 0 amide bonds. The van der Waals surface area contributed by atoms with Crippen LogP contribution in [0.2, 0.25) is 0 Å². The summed E-state index contributed by atoms with van der Waals surface area (Å²) < 4.78 is 30.2. The van der Waals surface area contributed by atoms with Gasteiger partial charge in [0.25, 0.3) is 0 Å². The van der Waals surface area contributed by atoms with Crippen LogP contribution in [-0.4, -0.2) is 31.6 Å². The molecule has 3 aromatic rings. The number of nitrogens with one attached hydrogen (secondary N) is 1. The van der Waals surface area contributed by atoms with Gasteiger partial charge in [0.1, 0.15) is 5.75 Å². The van der Waals surface area contributed by atoms with Gasteiger partial charge in [0.15, 0.2) is 11.5 Å². The minimum atomic E-state index is -2.84. The number of benzene rings is 1. The third-order valence-corrected chi connectivity index (χ3v) is 2.71. The summed E-state index contributed by atoms with van der Waals surface area (Å²) in [4.78, 5) is 4.00. The van der Waals surface area contributed by atoms with Crippen LogP contribution >= 0.6 is 0 Å². The van der Waals surface area contributed by atoms with Crippen LogP contribution in [0.3, 0.4) is 0 Å². The van der Waals surface area contributed by atoms with Crippen molar-refractivity contribution in [3.63, 3.8) is 0 Å². The van der Waals surface area contributed by atoms with Gasteiger partial charge in [-0.25, -0.2) is 0 Å². The van der Waals surface area contributed by atoms with Gasteiger partial charge < -0.3 is 10.1 Å². The second kappa shape index (κ2) is 5.65. The number of fused-ring (bicyclic) bond motifs is 1. The highest BCUT2D eigenvalue weighted by molar-refractivity contribution is 5.44. The number of ether oxygens (including phenoxy) is 1. The van der Waals surface area contributed by atoms with E-state index in [0.29, 0.717) is 18.0 Å². The third kappa shape index (κ3) is 3.02. The molecule has 2 aromatic heterocycles. The Hall–Kier alpha value is -2.84. The summed E-state index contributed by atoms with van der Waals surface area (Å²) in [6.07, 6.45) is 3.10. The Morgan fingerprint density at radius 3 is 3.05 bits per heavy atom. The van der Waals surface area contributed by atoms with Crippen molar-refractivity contribution < 1.29 is 13.5 Å². The SMILES string of the molecule is FC(F)Oc1cccc(CNc2cncc3nnnn23)c1. The lowest BCUT2D eigenvalue weighted by Gasteiger charge is -2.09. The standard InChI is InChI=1S/C12H10F2N6O/c13-12(14)21-9-3-1-2-8(4-9)5-16-10-6-15-7-11-17-18-19-20(10)11/h1-4,6-7,12,16H,5H2. The molecule has 0 spiro atoms. The quantitative estimate of drug-likeness (QED) is 0.771. The minimum Gasteiger partial charge on any atom is -0.435 e. The average Bonchev–Trinajstić information content (AvgIpc) is 2.93. The van der Waals surface area contributed by atoms with Crippen LogP contribution in [0.1, 0.15) is 5.56 Å². The summed E-state index contributed by atoms with van der Waals surface area (Å²) in [5.41, 5.74) is 1.29. The Kier molecular flexibility index (Phi) is 3.54. The second-order valence-corrected chi connectivity index (χ2v) is 4.12. The molecule has 0 radical (unpaired) electrons. The predicted octanol–water partition coefficient (Wildman–Crippen LogP) is 1.73. The van der Waals surface area contributed by atoms with Crippen molar-refractivity contribution in [3.05, 3.63) is 42.2 Å². The van der Waals surface area contributed by atoms with E-state index in [9.17, 15) is 8.78 Å². The van der Waals surface area contributed by atoms with E-state index in [4.69, 9.17) is 0 Å². The Balaban J connectivity index is 1.74. The van der Waals surface area contributed by atoms with E-state index >= 15 is 0 Å². The van der Waals surface area contributed by atoms with Crippen LogP contribution < -0.4 is 10.1 Å². The van der Waals surface area contributed by atoms with Gasteiger partial charge in [-0.05, 0) is 28.1 Å². The Morgan fingerprint density at radius 1 is 1.29 bits per heavy atom. The Morgan fingerprint density at radius 2 is 2.19 bits per heavy atom. The largest absolute Gasteiger partial charge is 0.435 e. The average molecular weight is 292 g/mol. The molecule has 0 unspecified atom stereocenters. The van der Waals surface area contributed by atoms with Crippen molar-refractivity contribution in [1.29, 1.82) is 0 Å². The van der Waals surface area contributed by atoms with E-state index in [-0.39, 0.29) is 5.75 Å². The van der Waals surface area contributed by atoms with Gasteiger partial charge in [0.2, 0.25) is 0 Å². The number of tetrazole rings is 1. The summed E-state index contributed by atoms with van der Waals surface area (Å²) in [5.74, 6) is 0.709. The molecule has 0 aliphatic carbocycles. The van der Waals surface area contributed by atoms with Crippen molar-refractivity contribution in [2.75, 3.05) is 5.32 Å². The number of halogens is 2. The van der Waals surface area contributed by atoms with Crippen LogP contribution in [0.4, 0.5) is 14.6 Å². The van der Waals surface area contributed by atoms with Crippen molar-refractivity contribution in [3.8, 4) is 5.75 Å². The molecule has 1 N–H and O–H groups in total. The first-order chi connectivity index (χ1) is 10.2. The topological polar surface area (TPSA) is 77.2 Å². The van der Waals surface area contributed by atoms with E-state index in [0.717, 1.165) is 5.56 Å². The van der Waals surface area contributed by atoms with Crippen molar-refractivity contribution in [1.82, 2.24) is 25.0 Å². The maximum Gasteiger partial charge on any atom is 0.387 e. The molecular weight excluding hydrogens is 282 g/mol. The number of alkyl halides is 2. The molecule has 0 bridgehead atoms. The summed E-state index contributed by atoms with van der Waals surface area (Å²) in [5, 5.41) is 14.2. The van der Waals surface area contributed by atoms with Crippen molar-refractivity contribution in [2.45, 2.75) is 13.2 Å². The molecule has 108 valence electrons. The van der Waals surface area contributed by atoms with Gasteiger partial charge in [-0.1, -0.05) is 12.1 Å². The van der Waals surface area contributed by atoms with Gasteiger partial charge in [-0.2, -0.15) is 13.3 Å². The molecule has 0 saturated heterocycles. The van der Waals surface area contributed by atoms with E-state index in [1.807, 2.05) is 0 Å². The molecule has 1 aromatic carbocycles. The van der Waals surface area contributed by atoms with Gasteiger partial charge in [-0.3, -0.25) is 4.98 Å². The molecule has 21 heavy (non-hydrogen) atoms. The molecule has 2 heterocycles. The van der Waals surface area contributed by atoms with Crippen LogP contribution in [0.25, 0.3) is 5.65 Å². The van der Waals surface area contributed by atoms with Crippen molar-refractivity contribution in [2.24, 2.45) is 0 Å². The fourth-order valence-corrected chi connectivity index (χ4v) is 1.82. The third-order valence-electron chi connectivity index (χ3n) is 2.71. The zero-order valence-electron chi connectivity index (χ0n) is 10.6. The minimum absolute atomic E-state index is 0.114. The Labute approximate surface area is 117 Å². The fourth-order valence-electron chi connectivity index (χ4n) is 1.82. The first kappa shape index (κ1) is 13.2. The summed E-state index contributed by atoms with van der Waals surface area (Å²) in [7, 11) is 0. The van der Waals surface area contributed by atoms with Crippen LogP contribution in [0.15, 0.2) is 36.7 Å². The van der Waals surface area contributed by atoms with E-state index in [1.54, 1.807) is 18.3 Å². The fraction of sp³-hybridized carbons (Fsp3) is 0.167. The predicted molar refractivity (Wildman–Crippen MR) is 69.0 cm³/mol. The number of hydrogen-bond donors (Lipinski definition) is 1. The highest BCUT2D eigenvalue weighted by Gasteiger charge is 2.06. The molecule has 0 aliphatic rings. The van der Waals surface area contributed by atoms with Crippen molar-refractivity contribution >= 4 is 11.5 Å². The number of nitrogens with zero attached hydrogens (tertiary/aromatic N) is 5. The molecule has 0 atom stereocenters. The number of rotatable bonds is 5. The molecule has 0 aliphatic heterocycles. The lowest BCUT2D eigenvalue weighted by atomic mass is 10.2. The van der Waals surface area contributed by atoms with E-state index in [2.05, 4.69) is 30.6 Å². The maximum absolute atomic E-state index is 12.2. The van der Waals surface area contributed by atoms with Gasteiger partial charge in [0.05, 0.1) is 12.4 Å². The van der Waals surface area contributed by atoms with E-state index < -0.39 is 6.61 Å². The summed E-state index contributed by atoms with van der Waals surface area (Å²) in [6.45, 7) is -2.45. The Bertz CT molecular complexity index is 747. The summed E-state index contributed by atoms with van der Waals surface area (Å²) in [6, 6.07) is 6.44. The first-order valence-electron chi connectivity index (χ1n) is 6.02. The zero-order chi connectivity index (χ0) is 14.7. The normalized spacial score (nSPS) is 11.0. The molecule has 0 fully saturated rings. The second-order valence-electron chi connectivity index (χ2n) is 4.12. The smallest absolute Gasteiger partial charge is 0.387 e. The van der Waals surface area contributed by atoms with Crippen LogP contribution in [0.5, 0.6) is 5.75 Å². The van der Waals surface area contributed by atoms with Gasteiger partial charge in [0, 0.05) is 6.54 Å². The van der Waals surface area contributed by atoms with Crippen LogP contribution in [-0.2, 0) is 6.54 Å². The number of aromatic nitrogens is 5. The number of anilines is 1. The van der Waals surface area contributed by atoms with Crippen LogP contribution in [0, 0.1) is 0 Å². The van der Waals surface area contributed by atoms with Gasteiger partial charge in [-0.15, -0.1) is 5.10 Å². The molecular formula is C12H10F2N6O. The lowest BCUT2D eigenvalue weighted by molar-refractivity contribution is -0.0498. The maximum atomic E-state index is 12.2. The lowest BCUT2D eigenvalue weighted by Crippen LogP contribution is -2.06. The highest BCUT2D eigenvalue weighted by atomic mass is 19.3. The van der Waals surface area contributed by atoms with Gasteiger partial charge >= 0.3 is 6.61 Å². The monoisotopic (exact) mass is 292 g/mol. The molecule has 7 nitrogen and oxygen atoms in total. The number of hydrogen-bond acceptors (Lipinski definition) is 6. The first-order valence-corrected chi connectivity index (χ1v) is 6.02. The summed E-state index contributed by atoms with van der Waals surface area (Å²) >= 11 is 0. The zero-order valence-corrected chi connectivity index (χ0v) is 10.6. The van der Waals surface area contributed by atoms with E-state index in [1.165, 1.54) is 22.8 Å². The molecule has 9 heteroatoms. The highest BCUT2D eigenvalue weighted by Crippen LogP contribution is 2.17.